The van der Waals surface area contributed by atoms with Crippen molar-refractivity contribution in [3.63, 3.8) is 0 Å². The van der Waals surface area contributed by atoms with Crippen LogP contribution in [0.5, 0.6) is 0 Å². The van der Waals surface area contributed by atoms with E-state index in [9.17, 15) is 0 Å². The topological polar surface area (TPSA) is 4.93 Å². The van der Waals surface area contributed by atoms with Gasteiger partial charge in [-0.2, -0.15) is 0 Å². The standard InChI is InChI=1S/C58H35NSe/c1-2-18-36(19-3-1)53-39-22-4-6-24-41(39)55(42-25-7-5-23-40(42)53)48-31-16-32-49-56-47(30-17-35-52(56)60-58(48)49)54-43-26-8-10-28-45(43)57(46-29-11-9-27-44(46)54)59-50-33-14-12-20-37(50)38-21-13-15-34-51(38)59/h1-35H. The molecule has 13 aromatic rings. The first-order chi connectivity index (χ1) is 29.8. The molecule has 0 aliphatic rings. The molecule has 0 radical (unpaired) electrons. The molecule has 2 heteroatoms. The predicted octanol–water partition coefficient (Wildman–Crippen LogP) is 15.8. The Morgan fingerprint density at radius 2 is 0.683 bits per heavy atom. The number of fused-ring (bicyclic) bond motifs is 10. The SMILES string of the molecule is c1ccc(-c2c3ccccc3c(-c3cccc4c3[se]c3cccc(-c5c6ccccc6c(-n6c7ccccc7c7ccccc76)c6ccccc56)c34)c3ccccc23)cc1. The van der Waals surface area contributed by atoms with Crippen LogP contribution in [-0.2, 0) is 0 Å². The number of rotatable bonds is 4. The van der Waals surface area contributed by atoms with E-state index < -0.39 is 0 Å². The van der Waals surface area contributed by atoms with Crippen LogP contribution in [0.1, 0.15) is 0 Å². The monoisotopic (exact) mass is 825 g/mol. The van der Waals surface area contributed by atoms with Crippen molar-refractivity contribution < 1.29 is 0 Å². The molecule has 11 aromatic carbocycles. The van der Waals surface area contributed by atoms with E-state index in [1.54, 1.807) is 0 Å². The first-order valence-corrected chi connectivity index (χ1v) is 22.4. The van der Waals surface area contributed by atoms with Gasteiger partial charge in [0.15, 0.2) is 0 Å². The Hall–Kier alpha value is -7.22. The second-order valence-electron chi connectivity index (χ2n) is 15.9. The second kappa shape index (κ2) is 13.1. The molecule has 0 atom stereocenters. The summed E-state index contributed by atoms with van der Waals surface area (Å²) in [5, 5.41) is 15.5. The van der Waals surface area contributed by atoms with Crippen molar-refractivity contribution in [2.75, 3.05) is 0 Å². The Balaban J connectivity index is 1.12. The van der Waals surface area contributed by atoms with Crippen molar-refractivity contribution >= 4 is 98.7 Å². The van der Waals surface area contributed by atoms with E-state index in [1.807, 2.05) is 0 Å². The summed E-state index contributed by atoms with van der Waals surface area (Å²) in [6.45, 7) is 0. The van der Waals surface area contributed by atoms with Crippen molar-refractivity contribution in [3.05, 3.63) is 212 Å². The molecule has 1 nitrogen and oxygen atoms in total. The van der Waals surface area contributed by atoms with Gasteiger partial charge in [0.1, 0.15) is 0 Å². The van der Waals surface area contributed by atoms with Crippen LogP contribution in [0.2, 0.25) is 0 Å². The van der Waals surface area contributed by atoms with Crippen LogP contribution in [-0.4, -0.2) is 19.1 Å². The van der Waals surface area contributed by atoms with Gasteiger partial charge in [-0.1, -0.05) is 0 Å². The Bertz CT molecular complexity index is 3720. The van der Waals surface area contributed by atoms with Crippen molar-refractivity contribution in [1.82, 2.24) is 4.57 Å². The molecule has 2 heterocycles. The second-order valence-corrected chi connectivity index (χ2v) is 18.1. The van der Waals surface area contributed by atoms with Gasteiger partial charge in [-0.3, -0.25) is 0 Å². The molecule has 0 saturated carbocycles. The normalized spacial score (nSPS) is 12.0. The third-order valence-electron chi connectivity index (χ3n) is 12.8. The molecule has 278 valence electrons. The Kier molecular flexibility index (Phi) is 7.39. The average molecular weight is 825 g/mol. The van der Waals surface area contributed by atoms with E-state index in [2.05, 4.69) is 217 Å². The van der Waals surface area contributed by atoms with Crippen molar-refractivity contribution in [2.24, 2.45) is 0 Å². The average Bonchev–Trinajstić information content (AvgIpc) is 3.87. The fraction of sp³-hybridized carbons (Fsp3) is 0. The number of hydrogen-bond donors (Lipinski definition) is 0. The molecule has 0 fully saturated rings. The van der Waals surface area contributed by atoms with Gasteiger partial charge >= 0.3 is 355 Å². The van der Waals surface area contributed by atoms with E-state index in [0.717, 1.165) is 0 Å². The zero-order valence-electron chi connectivity index (χ0n) is 32.6. The van der Waals surface area contributed by atoms with Crippen molar-refractivity contribution in [1.29, 1.82) is 0 Å². The van der Waals surface area contributed by atoms with E-state index in [1.165, 1.54) is 123 Å². The van der Waals surface area contributed by atoms with Gasteiger partial charge < -0.3 is 0 Å². The van der Waals surface area contributed by atoms with Gasteiger partial charge in [0.05, 0.1) is 0 Å². The third kappa shape index (κ3) is 4.75. The molecule has 0 aliphatic carbocycles. The van der Waals surface area contributed by atoms with Gasteiger partial charge in [-0.15, -0.1) is 0 Å². The summed E-state index contributed by atoms with van der Waals surface area (Å²) in [5.41, 5.74) is 11.5. The van der Waals surface area contributed by atoms with Crippen LogP contribution in [0.4, 0.5) is 0 Å². The molecule has 0 bridgehead atoms. The molecular weight excluding hydrogens is 790 g/mol. The number of benzene rings is 11. The molecule has 0 amide bonds. The molecule has 2 aromatic heterocycles. The van der Waals surface area contributed by atoms with Gasteiger partial charge in [-0.05, 0) is 0 Å². The summed E-state index contributed by atoms with van der Waals surface area (Å²) >= 11 is 0.103. The van der Waals surface area contributed by atoms with Crippen LogP contribution < -0.4 is 0 Å². The summed E-state index contributed by atoms with van der Waals surface area (Å²) in [7, 11) is 0. The number of para-hydroxylation sites is 2. The van der Waals surface area contributed by atoms with Gasteiger partial charge in [0.25, 0.3) is 0 Å². The quantitative estimate of drug-likeness (QED) is 0.123. The first kappa shape index (κ1) is 33.7. The maximum atomic E-state index is 2.51. The molecule has 60 heavy (non-hydrogen) atoms. The summed E-state index contributed by atoms with van der Waals surface area (Å²) < 4.78 is 5.42. The van der Waals surface area contributed by atoms with E-state index >= 15 is 0 Å². The summed E-state index contributed by atoms with van der Waals surface area (Å²) in [4.78, 5) is 0. The van der Waals surface area contributed by atoms with Crippen LogP contribution in [0, 0.1) is 0 Å². The van der Waals surface area contributed by atoms with Crippen LogP contribution >= 0.6 is 0 Å². The molecule has 0 spiro atoms. The Labute approximate surface area is 352 Å². The summed E-state index contributed by atoms with van der Waals surface area (Å²) in [6, 6.07) is 79.0. The van der Waals surface area contributed by atoms with Gasteiger partial charge in [0.2, 0.25) is 0 Å². The molecule has 0 aliphatic heterocycles. The maximum absolute atomic E-state index is 2.51. The minimum absolute atomic E-state index is 0.103. The van der Waals surface area contributed by atoms with E-state index in [-0.39, 0.29) is 14.5 Å². The van der Waals surface area contributed by atoms with Gasteiger partial charge in [0, 0.05) is 0 Å². The van der Waals surface area contributed by atoms with Crippen molar-refractivity contribution in [2.45, 2.75) is 0 Å². The zero-order valence-corrected chi connectivity index (χ0v) is 34.3. The fourth-order valence-electron chi connectivity index (χ4n) is 10.4. The number of nitrogens with zero attached hydrogens (tertiary/aromatic N) is 1. The van der Waals surface area contributed by atoms with E-state index in [0.29, 0.717) is 0 Å². The Morgan fingerprint density at radius 3 is 1.25 bits per heavy atom. The summed E-state index contributed by atoms with van der Waals surface area (Å²) in [6.07, 6.45) is 0. The Morgan fingerprint density at radius 1 is 0.283 bits per heavy atom. The molecule has 0 saturated heterocycles. The van der Waals surface area contributed by atoms with Gasteiger partial charge in [-0.25, -0.2) is 0 Å². The van der Waals surface area contributed by atoms with E-state index in [4.69, 9.17) is 0 Å². The third-order valence-corrected chi connectivity index (χ3v) is 15.3. The first-order valence-electron chi connectivity index (χ1n) is 20.7. The van der Waals surface area contributed by atoms with Crippen LogP contribution in [0.25, 0.3) is 123 Å². The zero-order chi connectivity index (χ0) is 39.3. The molecule has 0 unspecified atom stereocenters. The predicted molar refractivity (Wildman–Crippen MR) is 259 cm³/mol. The summed E-state index contributed by atoms with van der Waals surface area (Å²) in [5.74, 6) is 0. The molecule has 13 rings (SSSR count). The molecule has 0 N–H and O–H groups in total. The number of aromatic nitrogens is 1. The fourth-order valence-corrected chi connectivity index (χ4v) is 13.0. The van der Waals surface area contributed by atoms with Crippen LogP contribution in [0.3, 0.4) is 0 Å². The van der Waals surface area contributed by atoms with Crippen molar-refractivity contribution in [3.8, 4) is 39.1 Å². The van der Waals surface area contributed by atoms with Crippen LogP contribution in [0.15, 0.2) is 212 Å². The minimum atomic E-state index is 0.103. The number of hydrogen-bond acceptors (Lipinski definition) is 0. The molecular formula is C58H35NSe.